The predicted molar refractivity (Wildman–Crippen MR) is 158 cm³/mol. The Bertz CT molecular complexity index is 1150. The third-order valence-electron chi connectivity index (χ3n) is 9.61. The Labute approximate surface area is 254 Å². The molecule has 43 heavy (non-hydrogen) atoms. The van der Waals surface area contributed by atoms with E-state index in [1.54, 1.807) is 12.1 Å². The van der Waals surface area contributed by atoms with Crippen LogP contribution in [0.3, 0.4) is 0 Å². The van der Waals surface area contributed by atoms with Gasteiger partial charge in [0.2, 0.25) is 6.29 Å². The molecule has 1 aromatic carbocycles. The van der Waals surface area contributed by atoms with Crippen LogP contribution in [0, 0.1) is 23.9 Å². The lowest BCUT2D eigenvalue weighted by Gasteiger charge is -2.52. The van der Waals surface area contributed by atoms with E-state index in [1.165, 1.54) is 6.26 Å². The van der Waals surface area contributed by atoms with E-state index >= 15 is 0 Å². The smallest absolute Gasteiger partial charge is 0.243 e. The average Bonchev–Trinajstić information content (AvgIpc) is 3.18. The molecular formula is C34H46O9. The van der Waals surface area contributed by atoms with Gasteiger partial charge in [-0.25, -0.2) is 0 Å². The topological polar surface area (TPSA) is 138 Å². The van der Waals surface area contributed by atoms with Gasteiger partial charge in [-0.1, -0.05) is 43.4 Å². The van der Waals surface area contributed by atoms with Gasteiger partial charge in [0.05, 0.1) is 18.0 Å². The lowest BCUT2D eigenvalue weighted by molar-refractivity contribution is -0.333. The number of benzene rings is 1. The van der Waals surface area contributed by atoms with E-state index in [0.29, 0.717) is 44.3 Å². The Kier molecular flexibility index (Phi) is 10.4. The number of aliphatic hydroxyl groups is 5. The molecule has 3 bridgehead atoms. The molecular weight excluding hydrogens is 552 g/mol. The van der Waals surface area contributed by atoms with E-state index in [9.17, 15) is 25.5 Å². The second-order valence-corrected chi connectivity index (χ2v) is 12.6. The minimum atomic E-state index is -1.60. The number of allylic oxidation sites excluding steroid dienone is 2. The first-order valence-electron chi connectivity index (χ1n) is 15.7. The van der Waals surface area contributed by atoms with Crippen molar-refractivity contribution in [2.24, 2.45) is 11.8 Å². The van der Waals surface area contributed by atoms with Gasteiger partial charge in [-0.05, 0) is 74.1 Å². The van der Waals surface area contributed by atoms with E-state index in [-0.39, 0.29) is 25.4 Å². The van der Waals surface area contributed by atoms with E-state index < -0.39 is 53.9 Å². The minimum Gasteiger partial charge on any atom is -0.486 e. The Morgan fingerprint density at radius 1 is 1.09 bits per heavy atom. The molecule has 9 atom stereocenters. The minimum absolute atomic E-state index is 0.0793. The summed E-state index contributed by atoms with van der Waals surface area (Å²) in [7, 11) is 0. The zero-order chi connectivity index (χ0) is 30.5. The molecule has 6 rings (SSSR count). The molecule has 1 aromatic rings. The zero-order valence-corrected chi connectivity index (χ0v) is 24.7. The van der Waals surface area contributed by atoms with Crippen LogP contribution >= 0.6 is 0 Å². The molecule has 1 spiro atoms. The molecule has 5 N–H and O–H groups in total. The molecule has 1 aliphatic carbocycles. The van der Waals surface area contributed by atoms with Gasteiger partial charge in [-0.2, -0.15) is 0 Å². The van der Waals surface area contributed by atoms with E-state index in [4.69, 9.17) is 18.9 Å². The van der Waals surface area contributed by atoms with Crippen LogP contribution in [0.2, 0.25) is 0 Å². The molecule has 4 heterocycles. The van der Waals surface area contributed by atoms with Gasteiger partial charge < -0.3 is 44.5 Å². The lowest BCUT2D eigenvalue weighted by atomic mass is 9.69. The number of hydrogen-bond donors (Lipinski definition) is 5. The highest BCUT2D eigenvalue weighted by atomic mass is 16.7. The Hall–Kier alpha value is -2.58. The summed E-state index contributed by atoms with van der Waals surface area (Å²) in [4.78, 5) is 0. The summed E-state index contributed by atoms with van der Waals surface area (Å²) in [6.07, 6.45) is 7.27. The van der Waals surface area contributed by atoms with Crippen molar-refractivity contribution in [1.29, 1.82) is 0 Å². The van der Waals surface area contributed by atoms with Crippen LogP contribution < -0.4 is 4.74 Å². The largest absolute Gasteiger partial charge is 0.486 e. The Balaban J connectivity index is 1.54. The van der Waals surface area contributed by atoms with E-state index in [2.05, 4.69) is 18.6 Å². The first-order valence-corrected chi connectivity index (χ1v) is 15.7. The average molecular weight is 599 g/mol. The van der Waals surface area contributed by atoms with Crippen molar-refractivity contribution >= 4 is 0 Å². The van der Waals surface area contributed by atoms with Gasteiger partial charge in [-0.15, -0.1) is 6.58 Å². The molecule has 1 saturated carbocycles. The fourth-order valence-electron chi connectivity index (χ4n) is 7.19. The third-order valence-corrected chi connectivity index (χ3v) is 9.61. The summed E-state index contributed by atoms with van der Waals surface area (Å²) in [6.45, 7) is 3.69. The summed E-state index contributed by atoms with van der Waals surface area (Å²) in [5.41, 5.74) is -1.41. The predicted octanol–water partition coefficient (Wildman–Crippen LogP) is 3.11. The highest BCUT2D eigenvalue weighted by Crippen LogP contribution is 2.47. The maximum atomic E-state index is 11.9. The summed E-state index contributed by atoms with van der Waals surface area (Å²) >= 11 is 0. The van der Waals surface area contributed by atoms with Crippen LogP contribution in [0.5, 0.6) is 5.75 Å². The van der Waals surface area contributed by atoms with Gasteiger partial charge in [0.25, 0.3) is 0 Å². The van der Waals surface area contributed by atoms with E-state index in [1.807, 2.05) is 24.3 Å². The van der Waals surface area contributed by atoms with Crippen LogP contribution in [0.25, 0.3) is 0 Å². The van der Waals surface area contributed by atoms with Crippen molar-refractivity contribution in [2.75, 3.05) is 6.61 Å². The van der Waals surface area contributed by atoms with Crippen molar-refractivity contribution in [3.8, 4) is 17.8 Å². The first-order chi connectivity index (χ1) is 20.8. The van der Waals surface area contributed by atoms with Crippen LogP contribution in [0.4, 0.5) is 0 Å². The molecule has 4 aliphatic heterocycles. The maximum absolute atomic E-state index is 11.9. The second-order valence-electron chi connectivity index (χ2n) is 12.6. The Morgan fingerprint density at radius 3 is 2.58 bits per heavy atom. The van der Waals surface area contributed by atoms with Gasteiger partial charge in [-0.3, -0.25) is 0 Å². The van der Waals surface area contributed by atoms with Crippen molar-refractivity contribution in [3.05, 3.63) is 54.8 Å². The van der Waals surface area contributed by atoms with Crippen LogP contribution in [-0.4, -0.2) is 80.2 Å². The van der Waals surface area contributed by atoms with E-state index in [0.717, 1.165) is 24.8 Å². The van der Waals surface area contributed by atoms with Gasteiger partial charge in [0.1, 0.15) is 36.3 Å². The molecule has 0 amide bonds. The monoisotopic (exact) mass is 598 g/mol. The normalized spacial score (nSPS) is 36.9. The van der Waals surface area contributed by atoms with Crippen molar-refractivity contribution in [3.63, 3.8) is 0 Å². The van der Waals surface area contributed by atoms with Crippen LogP contribution in [0.1, 0.15) is 69.8 Å². The van der Waals surface area contributed by atoms with Crippen molar-refractivity contribution in [2.45, 2.75) is 119 Å². The molecule has 0 radical (unpaired) electrons. The second kappa shape index (κ2) is 14.0. The van der Waals surface area contributed by atoms with Crippen LogP contribution in [0.15, 0.2) is 49.3 Å². The standard InChI is InChI=1S/C34H46O9/c1-2-8-23-11-13-25(14-12-23)42-32-34-22-26(24(15-20-41-34)21-33(39)16-4-3-5-17-33)27(36)9-7-19-40-28(10-6-18-35)30(43-32)29(37)31(34)38/h2,11-15,20,24,26-32,35-39H,1,3-6,8-10,16-18,21-22H2/t24-,26-,27+,28-,29+,30+,31-,32+,34+/m0/s1. The molecule has 0 aromatic heterocycles. The van der Waals surface area contributed by atoms with Crippen LogP contribution in [-0.2, 0) is 20.6 Å². The number of hydrogen-bond acceptors (Lipinski definition) is 9. The van der Waals surface area contributed by atoms with Crippen molar-refractivity contribution in [1.82, 2.24) is 0 Å². The Morgan fingerprint density at radius 2 is 1.86 bits per heavy atom. The SMILES string of the molecule is C=CCc1ccc(O[C@@H]2O[C@H]3[C@@H](O)[C@H](O)[C@]24C[C@H]([C@H](O)CC#CO[C@H]3CCCO)[C@H](CC2(O)CCCCC2)C=CO4)cc1. The molecule has 9 nitrogen and oxygen atoms in total. The number of ether oxygens (including phenoxy) is 4. The number of fused-ring (bicyclic) bond motifs is 6. The quantitative estimate of drug-likeness (QED) is 0.214. The molecule has 236 valence electrons. The molecule has 0 unspecified atom stereocenters. The summed E-state index contributed by atoms with van der Waals surface area (Å²) < 4.78 is 25.0. The summed E-state index contributed by atoms with van der Waals surface area (Å²) in [5.74, 6) is 2.59. The summed E-state index contributed by atoms with van der Waals surface area (Å²) in [5, 5.41) is 55.9. The molecule has 9 heteroatoms. The highest BCUT2D eigenvalue weighted by molar-refractivity contribution is 5.29. The number of aliphatic hydroxyl groups excluding tert-OH is 4. The maximum Gasteiger partial charge on any atom is 0.243 e. The third kappa shape index (κ3) is 7.06. The van der Waals surface area contributed by atoms with Gasteiger partial charge >= 0.3 is 0 Å². The summed E-state index contributed by atoms with van der Waals surface area (Å²) in [6, 6.07) is 7.43. The highest BCUT2D eigenvalue weighted by Gasteiger charge is 2.62. The molecule has 2 fully saturated rings. The number of rotatable bonds is 9. The fourth-order valence-corrected chi connectivity index (χ4v) is 7.19. The van der Waals surface area contributed by atoms with Gasteiger partial charge in [0, 0.05) is 19.4 Å². The molecule has 1 saturated heterocycles. The lowest BCUT2D eigenvalue weighted by Crippen LogP contribution is -2.70. The van der Waals surface area contributed by atoms with Crippen molar-refractivity contribution < 1.29 is 44.5 Å². The zero-order valence-electron chi connectivity index (χ0n) is 24.7. The molecule has 5 aliphatic rings. The van der Waals surface area contributed by atoms with Gasteiger partial charge in [0.15, 0.2) is 5.60 Å². The fraction of sp³-hybridized carbons (Fsp3) is 0.647. The first kappa shape index (κ1) is 31.8.